The number of rotatable bonds is 12. The number of nitrogens with zero attached hydrogens (tertiary/aromatic N) is 1. The lowest BCUT2D eigenvalue weighted by atomic mass is 9.89. The summed E-state index contributed by atoms with van der Waals surface area (Å²) in [4.78, 5) is 2.64. The van der Waals surface area contributed by atoms with Gasteiger partial charge in [0.25, 0.3) is 0 Å². The van der Waals surface area contributed by atoms with E-state index in [4.69, 9.17) is 0 Å². The molecule has 27 heavy (non-hydrogen) atoms. The molecule has 1 saturated heterocycles. The Bertz CT molecular complexity index is 433. The molecular formula is C23H42Cl2N2. The van der Waals surface area contributed by atoms with Crippen LogP contribution in [0.4, 0.5) is 0 Å². The van der Waals surface area contributed by atoms with Gasteiger partial charge in [-0.2, -0.15) is 0 Å². The van der Waals surface area contributed by atoms with Crippen molar-refractivity contribution in [3.63, 3.8) is 0 Å². The summed E-state index contributed by atoms with van der Waals surface area (Å²) in [5, 5.41) is 3.70. The SMILES string of the molecule is CC(C)CCC(CCNCCCN1CCCCC1)Cc1ccccc1.Cl.Cl. The van der Waals surface area contributed by atoms with E-state index in [-0.39, 0.29) is 24.8 Å². The lowest BCUT2D eigenvalue weighted by Crippen LogP contribution is -2.32. The first-order valence-corrected chi connectivity index (χ1v) is 10.7. The molecule has 0 bridgehead atoms. The molecule has 1 aromatic rings. The number of hydrogen-bond acceptors (Lipinski definition) is 2. The van der Waals surface area contributed by atoms with Gasteiger partial charge in [0.1, 0.15) is 0 Å². The normalized spacial score (nSPS) is 15.8. The molecule has 1 aromatic carbocycles. The van der Waals surface area contributed by atoms with Gasteiger partial charge in [0.05, 0.1) is 0 Å². The van der Waals surface area contributed by atoms with Crippen molar-refractivity contribution in [1.82, 2.24) is 10.2 Å². The number of benzene rings is 1. The zero-order valence-corrected chi connectivity index (χ0v) is 19.1. The predicted molar refractivity (Wildman–Crippen MR) is 125 cm³/mol. The van der Waals surface area contributed by atoms with Crippen molar-refractivity contribution < 1.29 is 0 Å². The van der Waals surface area contributed by atoms with Crippen LogP contribution in [-0.4, -0.2) is 37.6 Å². The maximum Gasteiger partial charge on any atom is -0.000664 e. The van der Waals surface area contributed by atoms with Crippen LogP contribution in [0, 0.1) is 11.8 Å². The highest BCUT2D eigenvalue weighted by Gasteiger charge is 2.11. The van der Waals surface area contributed by atoms with Gasteiger partial charge in [0.15, 0.2) is 0 Å². The molecular weight excluding hydrogens is 375 g/mol. The first-order chi connectivity index (χ1) is 12.2. The molecule has 0 radical (unpaired) electrons. The minimum Gasteiger partial charge on any atom is -0.317 e. The third-order valence-corrected chi connectivity index (χ3v) is 5.53. The third-order valence-electron chi connectivity index (χ3n) is 5.53. The van der Waals surface area contributed by atoms with E-state index < -0.39 is 0 Å². The Morgan fingerprint density at radius 3 is 2.26 bits per heavy atom. The second-order valence-electron chi connectivity index (χ2n) is 8.32. The molecule has 1 aliphatic heterocycles. The molecule has 2 nitrogen and oxygen atoms in total. The lowest BCUT2D eigenvalue weighted by Gasteiger charge is -2.26. The van der Waals surface area contributed by atoms with Crippen LogP contribution < -0.4 is 5.32 Å². The Kier molecular flexibility index (Phi) is 16.5. The Morgan fingerprint density at radius 2 is 1.59 bits per heavy atom. The average molecular weight is 418 g/mol. The summed E-state index contributed by atoms with van der Waals surface area (Å²) in [6.45, 7) is 11.0. The van der Waals surface area contributed by atoms with Crippen LogP contribution >= 0.6 is 24.8 Å². The van der Waals surface area contributed by atoms with Gasteiger partial charge in [-0.05, 0) is 88.6 Å². The molecule has 0 aliphatic carbocycles. The third kappa shape index (κ3) is 12.7. The quantitative estimate of drug-likeness (QED) is 0.421. The summed E-state index contributed by atoms with van der Waals surface area (Å²) in [6.07, 6.45) is 10.8. The predicted octanol–water partition coefficient (Wildman–Crippen LogP) is 5.98. The molecule has 1 aliphatic rings. The second-order valence-corrected chi connectivity index (χ2v) is 8.32. The summed E-state index contributed by atoms with van der Waals surface area (Å²) in [7, 11) is 0. The van der Waals surface area contributed by atoms with E-state index in [2.05, 4.69) is 54.4 Å². The van der Waals surface area contributed by atoms with E-state index in [0.717, 1.165) is 11.8 Å². The average Bonchev–Trinajstić information content (AvgIpc) is 2.64. The molecule has 2 rings (SSSR count). The Labute approximate surface area is 180 Å². The van der Waals surface area contributed by atoms with Crippen LogP contribution in [0.25, 0.3) is 0 Å². The summed E-state index contributed by atoms with van der Waals surface area (Å²) in [5.74, 6) is 1.63. The molecule has 158 valence electrons. The van der Waals surface area contributed by atoms with Gasteiger partial charge in [0.2, 0.25) is 0 Å². The van der Waals surface area contributed by atoms with Crippen molar-refractivity contribution in [2.75, 3.05) is 32.7 Å². The summed E-state index contributed by atoms with van der Waals surface area (Å²) in [6, 6.07) is 11.0. The zero-order chi connectivity index (χ0) is 17.7. The number of halogens is 2. The van der Waals surface area contributed by atoms with Gasteiger partial charge in [-0.25, -0.2) is 0 Å². The largest absolute Gasteiger partial charge is 0.317 e. The summed E-state index contributed by atoms with van der Waals surface area (Å²) >= 11 is 0. The van der Waals surface area contributed by atoms with E-state index in [1.54, 1.807) is 0 Å². The summed E-state index contributed by atoms with van der Waals surface area (Å²) < 4.78 is 0. The zero-order valence-electron chi connectivity index (χ0n) is 17.5. The molecule has 4 heteroatoms. The first-order valence-electron chi connectivity index (χ1n) is 10.7. The fourth-order valence-electron chi connectivity index (χ4n) is 3.91. The highest BCUT2D eigenvalue weighted by Crippen LogP contribution is 2.20. The minimum atomic E-state index is 0. The van der Waals surface area contributed by atoms with E-state index in [0.29, 0.717) is 0 Å². The number of likely N-dealkylation sites (tertiary alicyclic amines) is 1. The number of nitrogens with one attached hydrogen (secondary N) is 1. The fourth-order valence-corrected chi connectivity index (χ4v) is 3.91. The molecule has 0 amide bonds. The molecule has 0 saturated carbocycles. The van der Waals surface area contributed by atoms with Gasteiger partial charge in [0, 0.05) is 0 Å². The summed E-state index contributed by atoms with van der Waals surface area (Å²) in [5.41, 5.74) is 1.50. The van der Waals surface area contributed by atoms with Gasteiger partial charge >= 0.3 is 0 Å². The lowest BCUT2D eigenvalue weighted by molar-refractivity contribution is 0.225. The Morgan fingerprint density at radius 1 is 0.889 bits per heavy atom. The van der Waals surface area contributed by atoms with Crippen LogP contribution in [0.2, 0.25) is 0 Å². The number of piperidine rings is 1. The smallest absolute Gasteiger partial charge is 0.000664 e. The van der Waals surface area contributed by atoms with Crippen molar-refractivity contribution in [3.05, 3.63) is 35.9 Å². The molecule has 1 N–H and O–H groups in total. The topological polar surface area (TPSA) is 15.3 Å². The Balaban J connectivity index is 0.00000338. The molecule has 0 aromatic heterocycles. The van der Waals surface area contributed by atoms with Gasteiger partial charge in [-0.1, -0.05) is 57.0 Å². The van der Waals surface area contributed by atoms with Crippen LogP contribution in [0.1, 0.15) is 64.4 Å². The van der Waals surface area contributed by atoms with Crippen LogP contribution in [0.5, 0.6) is 0 Å². The van der Waals surface area contributed by atoms with Gasteiger partial charge < -0.3 is 10.2 Å². The number of hydrogen-bond donors (Lipinski definition) is 1. The molecule has 1 heterocycles. The highest BCUT2D eigenvalue weighted by atomic mass is 35.5. The van der Waals surface area contributed by atoms with Crippen molar-refractivity contribution in [3.8, 4) is 0 Å². The van der Waals surface area contributed by atoms with Crippen molar-refractivity contribution >= 4 is 24.8 Å². The van der Waals surface area contributed by atoms with Crippen molar-refractivity contribution in [1.29, 1.82) is 0 Å². The fraction of sp³-hybridized carbons (Fsp3) is 0.739. The van der Waals surface area contributed by atoms with Gasteiger partial charge in [-0.3, -0.25) is 0 Å². The molecule has 1 unspecified atom stereocenters. The first kappa shape index (κ1) is 26.7. The minimum absolute atomic E-state index is 0. The molecule has 0 spiro atoms. The molecule has 1 atom stereocenters. The second kappa shape index (κ2) is 16.7. The standard InChI is InChI=1S/C23H40N2.2ClH/c1-21(2)12-13-23(20-22-10-5-3-6-11-22)14-16-24-15-9-19-25-17-7-4-8-18-25;;/h3,5-6,10-11,21,23-24H,4,7-9,12-20H2,1-2H3;2*1H. The van der Waals surface area contributed by atoms with Crippen LogP contribution in [-0.2, 0) is 6.42 Å². The monoisotopic (exact) mass is 416 g/mol. The Hall–Kier alpha value is -0.280. The van der Waals surface area contributed by atoms with Gasteiger partial charge in [-0.15, -0.1) is 24.8 Å². The van der Waals surface area contributed by atoms with E-state index in [9.17, 15) is 0 Å². The van der Waals surface area contributed by atoms with E-state index in [1.807, 2.05) is 0 Å². The van der Waals surface area contributed by atoms with Crippen molar-refractivity contribution in [2.24, 2.45) is 11.8 Å². The van der Waals surface area contributed by atoms with Crippen molar-refractivity contribution in [2.45, 2.75) is 65.2 Å². The van der Waals surface area contributed by atoms with Crippen LogP contribution in [0.3, 0.4) is 0 Å². The van der Waals surface area contributed by atoms with E-state index >= 15 is 0 Å². The highest BCUT2D eigenvalue weighted by molar-refractivity contribution is 5.85. The maximum atomic E-state index is 3.70. The maximum absolute atomic E-state index is 3.70. The van der Waals surface area contributed by atoms with E-state index in [1.165, 1.54) is 89.7 Å². The molecule has 1 fully saturated rings. The van der Waals surface area contributed by atoms with Crippen LogP contribution in [0.15, 0.2) is 30.3 Å².